The zero-order chi connectivity index (χ0) is 25.3. The van der Waals surface area contributed by atoms with Crippen LogP contribution in [0, 0.1) is 5.92 Å². The van der Waals surface area contributed by atoms with E-state index in [-0.39, 0.29) is 12.2 Å². The van der Waals surface area contributed by atoms with Crippen LogP contribution < -0.4 is 18.9 Å². The molecule has 5 nitrogen and oxygen atoms in total. The molecule has 190 valence electrons. The molecule has 0 saturated heterocycles. The van der Waals surface area contributed by atoms with Gasteiger partial charge in [-0.25, -0.2) is 0 Å². The summed E-state index contributed by atoms with van der Waals surface area (Å²) in [6.07, 6.45) is 5.41. The summed E-state index contributed by atoms with van der Waals surface area (Å²) in [7, 11) is 0. The van der Waals surface area contributed by atoms with Gasteiger partial charge in [-0.3, -0.25) is 4.79 Å². The van der Waals surface area contributed by atoms with Gasteiger partial charge in [-0.2, -0.15) is 0 Å². The summed E-state index contributed by atoms with van der Waals surface area (Å²) in [5.41, 5.74) is 0. The van der Waals surface area contributed by atoms with Crippen LogP contribution >= 0.6 is 11.6 Å². The lowest BCUT2D eigenvalue weighted by atomic mass is 10.1. The van der Waals surface area contributed by atoms with E-state index in [2.05, 4.69) is 27.7 Å². The number of carbonyl (C=O) groups is 1. The van der Waals surface area contributed by atoms with Gasteiger partial charge in [0.2, 0.25) is 11.5 Å². The number of ether oxygens (including phenoxy) is 4. The number of esters is 1. The first-order valence-electron chi connectivity index (χ1n) is 12.6. The van der Waals surface area contributed by atoms with Gasteiger partial charge in [0.1, 0.15) is 0 Å². The topological polar surface area (TPSA) is 54.0 Å². The van der Waals surface area contributed by atoms with E-state index in [0.29, 0.717) is 51.3 Å². The lowest BCUT2D eigenvalue weighted by Crippen LogP contribution is -2.18. The Balaban J connectivity index is 2.77. The Labute approximate surface area is 210 Å². The lowest BCUT2D eigenvalue weighted by Gasteiger charge is -2.26. The van der Waals surface area contributed by atoms with E-state index >= 15 is 0 Å². The number of fused-ring (bicyclic) bond motifs is 1. The third-order valence-corrected chi connectivity index (χ3v) is 5.87. The van der Waals surface area contributed by atoms with Crippen LogP contribution in [-0.2, 0) is 4.79 Å². The smallest absolute Gasteiger partial charge is 0.308 e. The van der Waals surface area contributed by atoms with Gasteiger partial charge >= 0.3 is 5.97 Å². The molecular formula is C28H41ClO5. The van der Waals surface area contributed by atoms with Crippen molar-refractivity contribution in [2.75, 3.05) is 6.61 Å². The largest absolute Gasteiger partial charge is 0.489 e. The Morgan fingerprint density at radius 1 is 0.882 bits per heavy atom. The van der Waals surface area contributed by atoms with Crippen molar-refractivity contribution in [1.29, 1.82) is 0 Å². The number of hydrogen-bond donors (Lipinski definition) is 0. The first kappa shape index (κ1) is 28.1. The third kappa shape index (κ3) is 7.69. The fourth-order valence-corrected chi connectivity index (χ4v) is 4.24. The Morgan fingerprint density at radius 2 is 1.47 bits per heavy atom. The van der Waals surface area contributed by atoms with Crippen molar-refractivity contribution in [3.63, 3.8) is 0 Å². The van der Waals surface area contributed by atoms with Gasteiger partial charge in [-0.1, -0.05) is 64.3 Å². The second-order valence-electron chi connectivity index (χ2n) is 9.39. The molecule has 2 atom stereocenters. The van der Waals surface area contributed by atoms with Crippen LogP contribution in [0.3, 0.4) is 0 Å². The zero-order valence-electron chi connectivity index (χ0n) is 21.8. The number of hydrogen-bond acceptors (Lipinski definition) is 5. The van der Waals surface area contributed by atoms with Crippen LogP contribution in [0.5, 0.6) is 23.0 Å². The molecule has 0 heterocycles. The molecule has 2 aromatic rings. The number of halogens is 1. The number of carbonyl (C=O) groups excluding carboxylic acids is 1. The Hall–Kier alpha value is -2.14. The summed E-state index contributed by atoms with van der Waals surface area (Å²) >= 11 is 6.69. The van der Waals surface area contributed by atoms with E-state index in [1.807, 2.05) is 32.0 Å². The molecule has 0 N–H and O–H groups in total. The molecule has 0 bridgehead atoms. The fraction of sp³-hybridized carbons (Fsp3) is 0.607. The highest BCUT2D eigenvalue weighted by Crippen LogP contribution is 2.54. The molecule has 0 fully saturated rings. The average molecular weight is 493 g/mol. The SMILES string of the molecule is CCCC(C)Oc1c(OC(C)CCC)c(OCCCC(C)C)c2c(Cl)cccc2c1OC(C)=O. The van der Waals surface area contributed by atoms with Gasteiger partial charge in [0.25, 0.3) is 0 Å². The van der Waals surface area contributed by atoms with E-state index in [1.165, 1.54) is 6.92 Å². The number of benzene rings is 2. The molecule has 0 spiro atoms. The lowest BCUT2D eigenvalue weighted by molar-refractivity contribution is -0.131. The molecule has 0 aromatic heterocycles. The monoisotopic (exact) mass is 492 g/mol. The van der Waals surface area contributed by atoms with E-state index < -0.39 is 5.97 Å². The van der Waals surface area contributed by atoms with Crippen LogP contribution in [0.25, 0.3) is 10.8 Å². The number of rotatable bonds is 14. The van der Waals surface area contributed by atoms with Crippen molar-refractivity contribution in [2.24, 2.45) is 5.92 Å². The van der Waals surface area contributed by atoms with Crippen molar-refractivity contribution in [1.82, 2.24) is 0 Å². The van der Waals surface area contributed by atoms with Crippen LogP contribution in [0.2, 0.25) is 5.02 Å². The summed E-state index contributed by atoms with van der Waals surface area (Å²) in [6.45, 7) is 14.5. The molecule has 6 heteroatoms. The molecule has 2 rings (SSSR count). The third-order valence-electron chi connectivity index (χ3n) is 5.55. The predicted octanol–water partition coefficient (Wildman–Crippen LogP) is 8.37. The summed E-state index contributed by atoms with van der Waals surface area (Å²) in [6, 6.07) is 5.51. The molecule has 2 unspecified atom stereocenters. The average Bonchev–Trinajstić information content (AvgIpc) is 2.75. The molecule has 2 aromatic carbocycles. The summed E-state index contributed by atoms with van der Waals surface area (Å²) in [5.74, 6) is 1.86. The van der Waals surface area contributed by atoms with E-state index in [1.54, 1.807) is 0 Å². The summed E-state index contributed by atoms with van der Waals surface area (Å²) in [4.78, 5) is 12.1. The van der Waals surface area contributed by atoms with Gasteiger partial charge in [-0.15, -0.1) is 0 Å². The van der Waals surface area contributed by atoms with Crippen molar-refractivity contribution >= 4 is 28.3 Å². The fourth-order valence-electron chi connectivity index (χ4n) is 3.98. The van der Waals surface area contributed by atoms with Crippen molar-refractivity contribution < 1.29 is 23.7 Å². The van der Waals surface area contributed by atoms with E-state index in [9.17, 15) is 4.79 Å². The predicted molar refractivity (Wildman–Crippen MR) is 140 cm³/mol. The van der Waals surface area contributed by atoms with Gasteiger partial charge in [-0.05, 0) is 51.5 Å². The first-order chi connectivity index (χ1) is 16.2. The maximum atomic E-state index is 12.1. The van der Waals surface area contributed by atoms with Crippen molar-refractivity contribution in [2.45, 2.75) is 99.2 Å². The van der Waals surface area contributed by atoms with Crippen LogP contribution in [-0.4, -0.2) is 24.8 Å². The Kier molecular flexibility index (Phi) is 11.3. The molecule has 0 aliphatic rings. The minimum Gasteiger partial charge on any atom is -0.489 e. The normalized spacial score (nSPS) is 13.1. The second-order valence-corrected chi connectivity index (χ2v) is 9.80. The maximum absolute atomic E-state index is 12.1. The van der Waals surface area contributed by atoms with Crippen molar-refractivity contribution in [3.05, 3.63) is 23.2 Å². The van der Waals surface area contributed by atoms with Gasteiger partial charge in [0.15, 0.2) is 11.5 Å². The molecule has 0 radical (unpaired) electrons. The van der Waals surface area contributed by atoms with Gasteiger partial charge in [0.05, 0.1) is 29.2 Å². The highest BCUT2D eigenvalue weighted by molar-refractivity contribution is 6.36. The highest BCUT2D eigenvalue weighted by atomic mass is 35.5. The molecule has 0 aliphatic carbocycles. The summed E-state index contributed by atoms with van der Waals surface area (Å²) < 4.78 is 25.0. The molecule has 0 amide bonds. The van der Waals surface area contributed by atoms with E-state index in [4.69, 9.17) is 30.5 Å². The first-order valence-corrected chi connectivity index (χ1v) is 13.0. The molecular weight excluding hydrogens is 452 g/mol. The molecule has 0 saturated carbocycles. The summed E-state index contributed by atoms with van der Waals surface area (Å²) in [5, 5.41) is 1.83. The van der Waals surface area contributed by atoms with Crippen molar-refractivity contribution in [3.8, 4) is 23.0 Å². The second kappa shape index (κ2) is 13.7. The minimum atomic E-state index is -0.438. The maximum Gasteiger partial charge on any atom is 0.308 e. The van der Waals surface area contributed by atoms with Crippen LogP contribution in [0.4, 0.5) is 0 Å². The standard InChI is InChI=1S/C28H41ClO5/c1-8-12-19(5)32-27-25(34-21(7)30)22-15-10-16-23(29)24(22)26(31-17-11-14-18(3)4)28(27)33-20(6)13-9-2/h10,15-16,18-20H,8-9,11-14,17H2,1-7H3. The Morgan fingerprint density at radius 3 is 2.00 bits per heavy atom. The van der Waals surface area contributed by atoms with E-state index in [0.717, 1.165) is 38.5 Å². The van der Waals surface area contributed by atoms with Crippen LogP contribution in [0.15, 0.2) is 18.2 Å². The minimum absolute atomic E-state index is 0.0861. The zero-order valence-corrected chi connectivity index (χ0v) is 22.6. The Bertz CT molecular complexity index is 940. The quantitative estimate of drug-likeness (QED) is 0.150. The molecule has 34 heavy (non-hydrogen) atoms. The highest BCUT2D eigenvalue weighted by Gasteiger charge is 2.29. The van der Waals surface area contributed by atoms with Gasteiger partial charge in [0, 0.05) is 12.3 Å². The van der Waals surface area contributed by atoms with Gasteiger partial charge < -0.3 is 18.9 Å². The molecule has 0 aliphatic heterocycles. The van der Waals surface area contributed by atoms with Crippen LogP contribution in [0.1, 0.15) is 87.0 Å².